The summed E-state index contributed by atoms with van der Waals surface area (Å²) in [4.78, 5) is 24.6. The van der Waals surface area contributed by atoms with Crippen LogP contribution in [0.15, 0.2) is 90.0 Å². The molecule has 0 spiro atoms. The van der Waals surface area contributed by atoms with Crippen LogP contribution >= 0.6 is 0 Å². The van der Waals surface area contributed by atoms with Crippen LogP contribution in [-0.4, -0.2) is 23.6 Å². The highest BCUT2D eigenvalue weighted by Gasteiger charge is 2.34. The van der Waals surface area contributed by atoms with Crippen molar-refractivity contribution in [2.45, 2.75) is 12.5 Å². The molecule has 7 nitrogen and oxygen atoms in total. The minimum atomic E-state index is -0.689. The van der Waals surface area contributed by atoms with E-state index in [2.05, 4.69) is 15.7 Å². The molecule has 1 aliphatic rings. The first-order valence-corrected chi connectivity index (χ1v) is 9.55. The zero-order valence-electron chi connectivity index (χ0n) is 16.2. The maximum absolute atomic E-state index is 12.7. The smallest absolute Gasteiger partial charge is 0.271 e. The molecule has 2 amide bonds. The van der Waals surface area contributed by atoms with Gasteiger partial charge in [0.15, 0.2) is 0 Å². The predicted octanol–water partition coefficient (Wildman–Crippen LogP) is 3.49. The van der Waals surface area contributed by atoms with E-state index in [4.69, 9.17) is 5.73 Å². The topological polar surface area (TPSA) is 99.8 Å². The average Bonchev–Trinajstić information content (AvgIpc) is 3.23. The van der Waals surface area contributed by atoms with Gasteiger partial charge in [0.2, 0.25) is 5.91 Å². The lowest BCUT2D eigenvalue weighted by molar-refractivity contribution is -0.119. The van der Waals surface area contributed by atoms with Crippen molar-refractivity contribution in [2.75, 3.05) is 15.6 Å². The van der Waals surface area contributed by atoms with Gasteiger partial charge in [-0.15, -0.1) is 0 Å². The van der Waals surface area contributed by atoms with E-state index in [0.717, 1.165) is 11.4 Å². The van der Waals surface area contributed by atoms with Crippen LogP contribution in [0.2, 0.25) is 0 Å². The number of primary amides is 1. The van der Waals surface area contributed by atoms with Gasteiger partial charge in [0.25, 0.3) is 5.91 Å². The number of nitrogens with zero attached hydrogens (tertiary/aromatic N) is 2. The zero-order chi connectivity index (χ0) is 20.9. The molecular weight excluding hydrogens is 378 g/mol. The van der Waals surface area contributed by atoms with Crippen molar-refractivity contribution in [2.24, 2.45) is 10.8 Å². The molecule has 150 valence electrons. The molecule has 4 N–H and O–H groups in total. The van der Waals surface area contributed by atoms with Gasteiger partial charge in [0, 0.05) is 23.5 Å². The van der Waals surface area contributed by atoms with Crippen LogP contribution in [0.4, 0.5) is 22.7 Å². The van der Waals surface area contributed by atoms with Crippen LogP contribution in [0.3, 0.4) is 0 Å². The molecule has 1 unspecified atom stereocenters. The number of para-hydroxylation sites is 2. The number of anilines is 4. The number of hydrazone groups is 1. The van der Waals surface area contributed by atoms with Crippen molar-refractivity contribution >= 4 is 40.3 Å². The molecule has 0 bridgehead atoms. The van der Waals surface area contributed by atoms with Gasteiger partial charge < -0.3 is 16.4 Å². The number of nitrogens with two attached hydrogens (primary N) is 1. The number of carbonyl (C=O) groups excluding carboxylic acids is 2. The third-order valence-corrected chi connectivity index (χ3v) is 4.73. The normalized spacial score (nSPS) is 15.4. The van der Waals surface area contributed by atoms with Crippen molar-refractivity contribution < 1.29 is 9.59 Å². The summed E-state index contributed by atoms with van der Waals surface area (Å²) in [6.07, 6.45) is 0.156. The lowest BCUT2D eigenvalue weighted by Gasteiger charge is -2.20. The Hall–Kier alpha value is -4.13. The fraction of sp³-hybridized carbons (Fsp3) is 0.0870. The molecule has 0 saturated carbocycles. The van der Waals surface area contributed by atoms with Crippen LogP contribution in [0.5, 0.6) is 0 Å². The molecule has 3 aromatic rings. The Balaban J connectivity index is 1.45. The Morgan fingerprint density at radius 1 is 0.833 bits per heavy atom. The molecule has 3 aromatic carbocycles. The van der Waals surface area contributed by atoms with Gasteiger partial charge >= 0.3 is 0 Å². The van der Waals surface area contributed by atoms with E-state index in [-0.39, 0.29) is 18.0 Å². The zero-order valence-corrected chi connectivity index (χ0v) is 16.2. The standard InChI is InChI=1S/C23H21N5O2/c24-22(29)21-15-20(27-28(21)19-9-5-2-6-10-19)23(30)26-18-13-11-17(12-14-18)25-16-7-3-1-4-8-16/h1-14,21,25H,15H2,(H2,24,29)(H,26,30). The average molecular weight is 399 g/mol. The van der Waals surface area contributed by atoms with E-state index in [1.54, 1.807) is 12.1 Å². The minimum absolute atomic E-state index is 0.156. The second-order valence-electron chi connectivity index (χ2n) is 6.87. The monoisotopic (exact) mass is 399 g/mol. The summed E-state index contributed by atoms with van der Waals surface area (Å²) in [5, 5.41) is 12.0. The fourth-order valence-electron chi connectivity index (χ4n) is 3.22. The Morgan fingerprint density at radius 2 is 1.40 bits per heavy atom. The lowest BCUT2D eigenvalue weighted by atomic mass is 10.1. The summed E-state index contributed by atoms with van der Waals surface area (Å²) in [6.45, 7) is 0. The number of hydrogen-bond donors (Lipinski definition) is 3. The largest absolute Gasteiger partial charge is 0.368 e. The van der Waals surface area contributed by atoms with E-state index in [9.17, 15) is 9.59 Å². The quantitative estimate of drug-likeness (QED) is 0.591. The molecule has 0 radical (unpaired) electrons. The molecule has 4 rings (SSSR count). The van der Waals surface area contributed by atoms with Crippen molar-refractivity contribution in [3.8, 4) is 0 Å². The fourth-order valence-corrected chi connectivity index (χ4v) is 3.22. The number of rotatable bonds is 6. The lowest BCUT2D eigenvalue weighted by Crippen LogP contribution is -2.39. The highest BCUT2D eigenvalue weighted by Crippen LogP contribution is 2.25. The van der Waals surface area contributed by atoms with E-state index in [1.165, 1.54) is 5.01 Å². The van der Waals surface area contributed by atoms with Gasteiger partial charge in [-0.1, -0.05) is 36.4 Å². The number of benzene rings is 3. The number of amides is 2. The predicted molar refractivity (Wildman–Crippen MR) is 119 cm³/mol. The number of hydrogen-bond acceptors (Lipinski definition) is 5. The van der Waals surface area contributed by atoms with E-state index >= 15 is 0 Å². The Kier molecular flexibility index (Phi) is 5.43. The third kappa shape index (κ3) is 4.30. The molecular formula is C23H21N5O2. The van der Waals surface area contributed by atoms with Gasteiger partial charge in [-0.3, -0.25) is 14.6 Å². The first kappa shape index (κ1) is 19.2. The van der Waals surface area contributed by atoms with Crippen molar-refractivity contribution in [1.29, 1.82) is 0 Å². The summed E-state index contributed by atoms with van der Waals surface area (Å²) < 4.78 is 0. The second kappa shape index (κ2) is 8.48. The highest BCUT2D eigenvalue weighted by atomic mass is 16.2. The first-order valence-electron chi connectivity index (χ1n) is 9.55. The molecule has 7 heteroatoms. The molecule has 0 fully saturated rings. The van der Waals surface area contributed by atoms with Gasteiger partial charge in [0.05, 0.1) is 5.69 Å². The van der Waals surface area contributed by atoms with Crippen LogP contribution in [0.25, 0.3) is 0 Å². The van der Waals surface area contributed by atoms with E-state index in [1.807, 2.05) is 72.8 Å². The SMILES string of the molecule is NC(=O)C1CC(C(=O)Nc2ccc(Nc3ccccc3)cc2)=NN1c1ccccc1. The van der Waals surface area contributed by atoms with Crippen LogP contribution < -0.4 is 21.4 Å². The number of nitrogens with one attached hydrogen (secondary N) is 2. The highest BCUT2D eigenvalue weighted by molar-refractivity contribution is 6.44. The molecule has 1 atom stereocenters. The first-order chi connectivity index (χ1) is 14.6. The van der Waals surface area contributed by atoms with E-state index < -0.39 is 11.9 Å². The third-order valence-electron chi connectivity index (χ3n) is 4.73. The molecule has 30 heavy (non-hydrogen) atoms. The van der Waals surface area contributed by atoms with Gasteiger partial charge in [0.1, 0.15) is 11.8 Å². The second-order valence-corrected chi connectivity index (χ2v) is 6.87. The molecule has 1 aliphatic heterocycles. The number of carbonyl (C=O) groups is 2. The Morgan fingerprint density at radius 3 is 2.03 bits per heavy atom. The van der Waals surface area contributed by atoms with Crippen molar-refractivity contribution in [3.05, 3.63) is 84.9 Å². The summed E-state index contributed by atoms with van der Waals surface area (Å²) in [5.74, 6) is -0.884. The van der Waals surface area contributed by atoms with Crippen molar-refractivity contribution in [3.63, 3.8) is 0 Å². The van der Waals surface area contributed by atoms with E-state index in [0.29, 0.717) is 11.4 Å². The van der Waals surface area contributed by atoms with Gasteiger partial charge in [-0.2, -0.15) is 5.10 Å². The molecule has 0 aliphatic carbocycles. The maximum Gasteiger partial charge on any atom is 0.271 e. The Labute approximate surface area is 174 Å². The Bertz CT molecular complexity index is 1070. The summed E-state index contributed by atoms with van der Waals surface area (Å²) in [7, 11) is 0. The van der Waals surface area contributed by atoms with Gasteiger partial charge in [-0.05, 0) is 48.5 Å². The molecule has 1 heterocycles. The summed E-state index contributed by atoms with van der Waals surface area (Å²) >= 11 is 0. The van der Waals surface area contributed by atoms with Crippen LogP contribution in [0, 0.1) is 0 Å². The summed E-state index contributed by atoms with van der Waals surface area (Å²) in [5.41, 5.74) is 9.01. The van der Waals surface area contributed by atoms with Gasteiger partial charge in [-0.25, -0.2) is 0 Å². The van der Waals surface area contributed by atoms with Crippen LogP contribution in [-0.2, 0) is 9.59 Å². The summed E-state index contributed by atoms with van der Waals surface area (Å²) in [6, 6.07) is 25.7. The molecule has 0 saturated heterocycles. The maximum atomic E-state index is 12.7. The van der Waals surface area contributed by atoms with Crippen LogP contribution in [0.1, 0.15) is 6.42 Å². The minimum Gasteiger partial charge on any atom is -0.368 e. The van der Waals surface area contributed by atoms with Crippen molar-refractivity contribution in [1.82, 2.24) is 0 Å². The molecule has 0 aromatic heterocycles.